The first-order chi connectivity index (χ1) is 16.3. The van der Waals surface area contributed by atoms with E-state index in [0.717, 1.165) is 24.8 Å². The number of nitrogens with one attached hydrogen (secondary N) is 1. The van der Waals surface area contributed by atoms with Gasteiger partial charge in [-0.25, -0.2) is 15.0 Å². The maximum atomic E-state index is 13.9. The van der Waals surface area contributed by atoms with Crippen LogP contribution in [0.1, 0.15) is 38.7 Å². The zero-order valence-corrected chi connectivity index (χ0v) is 20.4. The summed E-state index contributed by atoms with van der Waals surface area (Å²) in [5, 5.41) is 3.05. The fraction of sp³-hybridized carbons (Fsp3) is 0.478. The van der Waals surface area contributed by atoms with Gasteiger partial charge in [-0.15, -0.1) is 0 Å². The zero-order chi connectivity index (χ0) is 24.1. The Hall–Kier alpha value is -2.81. The number of esters is 1. The summed E-state index contributed by atoms with van der Waals surface area (Å²) < 4.78 is 27.3. The first-order valence-electron chi connectivity index (χ1n) is 11.5. The van der Waals surface area contributed by atoms with E-state index in [1.807, 2.05) is 41.8 Å². The van der Waals surface area contributed by atoms with Gasteiger partial charge < -0.3 is 24.3 Å². The summed E-state index contributed by atoms with van der Waals surface area (Å²) in [5.74, 6) is -0.0650. The van der Waals surface area contributed by atoms with Gasteiger partial charge in [0.15, 0.2) is 18.8 Å². The van der Waals surface area contributed by atoms with Crippen LogP contribution in [0.15, 0.2) is 43.0 Å². The van der Waals surface area contributed by atoms with E-state index in [9.17, 15) is 9.36 Å². The molecule has 2 heterocycles. The second-order valence-corrected chi connectivity index (χ2v) is 11.4. The zero-order valence-electron chi connectivity index (χ0n) is 19.5. The van der Waals surface area contributed by atoms with E-state index in [1.54, 1.807) is 13.3 Å². The van der Waals surface area contributed by atoms with Crippen LogP contribution in [0.4, 0.5) is 5.82 Å². The third-order valence-corrected chi connectivity index (χ3v) is 8.15. The third-order valence-electron chi connectivity index (χ3n) is 5.85. The Morgan fingerprint density at radius 1 is 1.24 bits per heavy atom. The first kappa shape index (κ1) is 24.3. The predicted molar refractivity (Wildman–Crippen MR) is 129 cm³/mol. The van der Waals surface area contributed by atoms with Gasteiger partial charge in [0, 0.05) is 6.16 Å². The van der Waals surface area contributed by atoms with Gasteiger partial charge in [-0.1, -0.05) is 30.3 Å². The third kappa shape index (κ3) is 6.00. The van der Waals surface area contributed by atoms with Crippen molar-refractivity contribution in [3.8, 4) is 0 Å². The smallest absolute Gasteiger partial charge is 0.323 e. The predicted octanol–water partition coefficient (Wildman–Crippen LogP) is 3.32. The molecule has 1 aliphatic rings. The van der Waals surface area contributed by atoms with E-state index < -0.39 is 13.3 Å². The Kier molecular flexibility index (Phi) is 7.60. The number of anilines is 1. The van der Waals surface area contributed by atoms with Gasteiger partial charge >= 0.3 is 5.97 Å². The van der Waals surface area contributed by atoms with Gasteiger partial charge in [0.05, 0.1) is 19.0 Å². The average Bonchev–Trinajstić information content (AvgIpc) is 3.19. The van der Waals surface area contributed by atoms with Crippen molar-refractivity contribution in [2.45, 2.75) is 64.1 Å². The van der Waals surface area contributed by atoms with Crippen LogP contribution in [-0.4, -0.2) is 50.1 Å². The second-order valence-electron chi connectivity index (χ2n) is 8.81. The molecule has 0 unspecified atom stereocenters. The van der Waals surface area contributed by atoms with Crippen molar-refractivity contribution in [1.29, 1.82) is 0 Å². The molecule has 1 fully saturated rings. The van der Waals surface area contributed by atoms with Crippen LogP contribution in [-0.2, 0) is 31.5 Å². The largest absolute Gasteiger partial charge is 0.461 e. The second kappa shape index (κ2) is 10.6. The van der Waals surface area contributed by atoms with Crippen molar-refractivity contribution in [3.63, 3.8) is 0 Å². The molecule has 0 radical (unpaired) electrons. The van der Waals surface area contributed by atoms with E-state index in [2.05, 4.69) is 20.0 Å². The number of hydrogen-bond acceptors (Lipinski definition) is 8. The highest BCUT2D eigenvalue weighted by molar-refractivity contribution is 7.60. The standard InChI is InChI=1S/C23H31N6O4P/c1-16(11-29-14-27-20-21(24)25-13-26-22(20)29)32-15-34(31,12-18-7-4-3-5-8-18)28-17(2)23(30)33-19-9-6-10-19/h3-5,7-8,13-14,16-17,19H,6,9-12,15H2,1-2H3,(H,28,31)(H2,24,25,26)/t16-,17+,34-/m1/s1. The number of benzene rings is 1. The Bertz CT molecular complexity index is 1170. The molecule has 2 aromatic heterocycles. The number of hydrogen-bond donors (Lipinski definition) is 2. The minimum Gasteiger partial charge on any atom is -0.461 e. The van der Waals surface area contributed by atoms with Gasteiger partial charge in [0.2, 0.25) is 0 Å². The molecular formula is C23H31N6O4P. The first-order valence-corrected chi connectivity index (χ1v) is 13.5. The summed E-state index contributed by atoms with van der Waals surface area (Å²) in [7, 11) is -3.13. The molecule has 3 aromatic rings. The van der Waals surface area contributed by atoms with Gasteiger partial charge in [-0.3, -0.25) is 9.88 Å². The summed E-state index contributed by atoms with van der Waals surface area (Å²) in [4.78, 5) is 25.0. The van der Waals surface area contributed by atoms with Crippen LogP contribution in [0, 0.1) is 0 Å². The Labute approximate surface area is 198 Å². The molecule has 0 amide bonds. The number of imidazole rings is 1. The molecule has 182 valence electrons. The fourth-order valence-electron chi connectivity index (χ4n) is 3.78. The molecule has 10 nitrogen and oxygen atoms in total. The van der Waals surface area contributed by atoms with Gasteiger partial charge in [-0.2, -0.15) is 0 Å². The molecule has 0 spiro atoms. The molecule has 0 bridgehead atoms. The molecule has 0 saturated heterocycles. The molecule has 1 saturated carbocycles. The highest BCUT2D eigenvalue weighted by Gasteiger charge is 2.31. The fourth-order valence-corrected chi connectivity index (χ4v) is 6.14. The maximum Gasteiger partial charge on any atom is 0.323 e. The van der Waals surface area contributed by atoms with Gasteiger partial charge in [0.25, 0.3) is 0 Å². The normalized spacial score (nSPS) is 17.6. The number of carbonyl (C=O) groups is 1. The van der Waals surface area contributed by atoms with Crippen molar-refractivity contribution >= 4 is 30.2 Å². The highest BCUT2D eigenvalue weighted by atomic mass is 31.2. The number of nitrogen functional groups attached to an aromatic ring is 1. The van der Waals surface area contributed by atoms with E-state index in [4.69, 9.17) is 15.2 Å². The van der Waals surface area contributed by atoms with E-state index >= 15 is 0 Å². The SMILES string of the molecule is C[C@H](Cn1cnc2c(N)ncnc21)OC[P@](=O)(Cc1ccccc1)N[C@@H](C)C(=O)OC1CCC1. The van der Waals surface area contributed by atoms with Crippen molar-refractivity contribution < 1.29 is 18.8 Å². The van der Waals surface area contributed by atoms with Crippen LogP contribution < -0.4 is 10.8 Å². The van der Waals surface area contributed by atoms with Crippen molar-refractivity contribution in [2.24, 2.45) is 0 Å². The lowest BCUT2D eigenvalue weighted by Crippen LogP contribution is -2.38. The summed E-state index contributed by atoms with van der Waals surface area (Å²) in [6.07, 6.45) is 5.79. The molecule has 3 N–H and O–H groups in total. The molecule has 1 aliphatic carbocycles. The average molecular weight is 487 g/mol. The summed E-state index contributed by atoms with van der Waals surface area (Å²) in [6.45, 7) is 4.01. The molecule has 3 atom stereocenters. The van der Waals surface area contributed by atoms with Crippen molar-refractivity contribution in [1.82, 2.24) is 24.6 Å². The number of aromatic nitrogens is 4. The lowest BCUT2D eigenvalue weighted by atomic mass is 9.96. The summed E-state index contributed by atoms with van der Waals surface area (Å²) >= 11 is 0. The molecule has 11 heteroatoms. The van der Waals surface area contributed by atoms with Crippen molar-refractivity contribution in [3.05, 3.63) is 48.5 Å². The lowest BCUT2D eigenvalue weighted by molar-refractivity contribution is -0.154. The van der Waals surface area contributed by atoms with Crippen LogP contribution in [0.2, 0.25) is 0 Å². The number of rotatable bonds is 11. The Morgan fingerprint density at radius 2 is 2.00 bits per heavy atom. The van der Waals surface area contributed by atoms with Crippen LogP contribution in [0.25, 0.3) is 11.2 Å². The topological polar surface area (TPSA) is 134 Å². The van der Waals surface area contributed by atoms with E-state index in [1.165, 1.54) is 6.33 Å². The maximum absolute atomic E-state index is 13.9. The molecular weight excluding hydrogens is 455 g/mol. The number of carbonyl (C=O) groups excluding carboxylic acids is 1. The monoisotopic (exact) mass is 486 g/mol. The molecule has 0 aliphatic heterocycles. The van der Waals surface area contributed by atoms with Crippen LogP contribution in [0.5, 0.6) is 0 Å². The number of nitrogens with two attached hydrogens (primary N) is 1. The van der Waals surface area contributed by atoms with E-state index in [-0.39, 0.29) is 30.7 Å². The van der Waals surface area contributed by atoms with Crippen molar-refractivity contribution in [2.75, 3.05) is 12.1 Å². The summed E-state index contributed by atoms with van der Waals surface area (Å²) in [5.41, 5.74) is 7.91. The highest BCUT2D eigenvalue weighted by Crippen LogP contribution is 2.46. The van der Waals surface area contributed by atoms with Gasteiger partial charge in [-0.05, 0) is 38.7 Å². The Morgan fingerprint density at radius 3 is 2.71 bits per heavy atom. The molecule has 34 heavy (non-hydrogen) atoms. The van der Waals surface area contributed by atoms with Crippen LogP contribution >= 0.6 is 7.29 Å². The van der Waals surface area contributed by atoms with Gasteiger partial charge in [0.1, 0.15) is 30.3 Å². The Balaban J connectivity index is 1.42. The number of ether oxygens (including phenoxy) is 2. The quantitative estimate of drug-likeness (QED) is 0.309. The molecule has 1 aromatic carbocycles. The summed E-state index contributed by atoms with van der Waals surface area (Å²) in [6, 6.07) is 8.83. The lowest BCUT2D eigenvalue weighted by Gasteiger charge is -2.29. The van der Waals surface area contributed by atoms with Crippen LogP contribution in [0.3, 0.4) is 0 Å². The minimum atomic E-state index is -3.13. The molecule has 4 rings (SSSR count). The minimum absolute atomic E-state index is 0.0237. The number of nitrogens with zero attached hydrogens (tertiary/aromatic N) is 4. The van der Waals surface area contributed by atoms with E-state index in [0.29, 0.717) is 23.5 Å². The number of fused-ring (bicyclic) bond motifs is 1.